The Morgan fingerprint density at radius 2 is 2.12 bits per heavy atom. The van der Waals surface area contributed by atoms with Crippen LogP contribution in [0.4, 0.5) is 5.95 Å². The minimum absolute atomic E-state index is 0.136. The van der Waals surface area contributed by atoms with Crippen LogP contribution in [0.3, 0.4) is 0 Å². The molecule has 9 nitrogen and oxygen atoms in total. The first-order chi connectivity index (χ1) is 15.9. The van der Waals surface area contributed by atoms with Crippen LogP contribution in [0.5, 0.6) is 11.5 Å². The Hall–Kier alpha value is -3.07. The van der Waals surface area contributed by atoms with Gasteiger partial charge >= 0.3 is 0 Å². The Bertz CT molecular complexity index is 1060. The van der Waals surface area contributed by atoms with Crippen molar-refractivity contribution in [1.29, 1.82) is 0 Å². The highest BCUT2D eigenvalue weighted by Crippen LogP contribution is 2.35. The molecule has 9 heteroatoms. The molecule has 2 aliphatic rings. The molecule has 0 bridgehead atoms. The third kappa shape index (κ3) is 5.47. The zero-order chi connectivity index (χ0) is 23.4. The molecule has 0 spiro atoms. The van der Waals surface area contributed by atoms with Gasteiger partial charge in [-0.1, -0.05) is 0 Å². The van der Waals surface area contributed by atoms with Gasteiger partial charge in [0.05, 0.1) is 19.8 Å². The summed E-state index contributed by atoms with van der Waals surface area (Å²) < 4.78 is 17.0. The molecule has 178 valence electrons. The smallest absolute Gasteiger partial charge is 0.255 e. The van der Waals surface area contributed by atoms with E-state index in [1.807, 2.05) is 37.8 Å². The molecule has 2 aliphatic heterocycles. The number of amides is 1. The van der Waals surface area contributed by atoms with E-state index in [-0.39, 0.29) is 24.0 Å². The highest BCUT2D eigenvalue weighted by Gasteiger charge is 2.22. The first-order valence-electron chi connectivity index (χ1n) is 11.6. The number of aromatic amines is 1. The summed E-state index contributed by atoms with van der Waals surface area (Å²) in [5, 5.41) is 2.94. The number of benzene rings is 1. The lowest BCUT2D eigenvalue weighted by molar-refractivity contribution is -0.121. The molecule has 2 N–H and O–H groups in total. The van der Waals surface area contributed by atoms with Gasteiger partial charge in [-0.05, 0) is 39.3 Å². The van der Waals surface area contributed by atoms with Gasteiger partial charge in [0.1, 0.15) is 17.6 Å². The number of hydrogen-bond donors (Lipinski definition) is 2. The second-order valence-electron chi connectivity index (χ2n) is 8.46. The molecule has 2 aromatic rings. The van der Waals surface area contributed by atoms with E-state index in [0.717, 1.165) is 29.0 Å². The van der Waals surface area contributed by atoms with Crippen molar-refractivity contribution in [2.75, 3.05) is 37.8 Å². The van der Waals surface area contributed by atoms with Gasteiger partial charge in [0.15, 0.2) is 0 Å². The molecule has 1 atom stereocenters. The Kier molecular flexibility index (Phi) is 7.17. The van der Waals surface area contributed by atoms with Crippen LogP contribution >= 0.6 is 0 Å². The summed E-state index contributed by atoms with van der Waals surface area (Å²) in [6, 6.07) is 3.96. The van der Waals surface area contributed by atoms with E-state index in [1.54, 1.807) is 0 Å². The lowest BCUT2D eigenvalue weighted by Gasteiger charge is -2.27. The van der Waals surface area contributed by atoms with E-state index in [0.29, 0.717) is 63.1 Å². The largest absolute Gasteiger partial charge is 0.494 e. The highest BCUT2D eigenvalue weighted by molar-refractivity contribution is 5.76. The minimum Gasteiger partial charge on any atom is -0.494 e. The molecule has 3 heterocycles. The average molecular weight is 457 g/mol. The topological polar surface area (TPSA) is 106 Å². The van der Waals surface area contributed by atoms with Gasteiger partial charge < -0.3 is 24.4 Å². The number of anilines is 1. The highest BCUT2D eigenvalue weighted by atomic mass is 16.5. The summed E-state index contributed by atoms with van der Waals surface area (Å²) in [4.78, 5) is 34.6. The Morgan fingerprint density at radius 1 is 1.33 bits per heavy atom. The minimum atomic E-state index is -0.194. The van der Waals surface area contributed by atoms with Gasteiger partial charge in [-0.2, -0.15) is 0 Å². The van der Waals surface area contributed by atoms with Crippen LogP contribution in [0.2, 0.25) is 0 Å². The van der Waals surface area contributed by atoms with Gasteiger partial charge in [0.2, 0.25) is 11.9 Å². The van der Waals surface area contributed by atoms with Crippen molar-refractivity contribution in [1.82, 2.24) is 15.3 Å². The number of ether oxygens (including phenoxy) is 3. The normalized spacial score (nSPS) is 17.4. The lowest BCUT2D eigenvalue weighted by Crippen LogP contribution is -2.38. The van der Waals surface area contributed by atoms with Gasteiger partial charge in [-0.15, -0.1) is 0 Å². The molecule has 0 aliphatic carbocycles. The molecule has 1 aromatic heterocycles. The summed E-state index contributed by atoms with van der Waals surface area (Å²) in [6.45, 7) is 9.29. The van der Waals surface area contributed by atoms with Crippen LogP contribution in [0.25, 0.3) is 0 Å². The van der Waals surface area contributed by atoms with Crippen LogP contribution < -0.4 is 25.2 Å². The maximum Gasteiger partial charge on any atom is 0.255 e. The quantitative estimate of drug-likeness (QED) is 0.625. The first kappa shape index (κ1) is 23.1. The molecular formula is C24H32N4O5. The lowest BCUT2D eigenvalue weighted by atomic mass is 10.1. The van der Waals surface area contributed by atoms with Gasteiger partial charge in [0.25, 0.3) is 5.56 Å². The van der Waals surface area contributed by atoms with Crippen molar-refractivity contribution in [2.45, 2.75) is 52.7 Å². The standard InChI is InChI=1S/C24H32N4O5/c1-4-32-20-12-17-11-15(2)33-21(17)13-18(20)14-25-22(29)6-5-19-16(3)26-24(27-23(19)30)28-7-9-31-10-8-28/h12-13,15H,4-11,14H2,1-3H3,(H,25,29)(H,26,27,30)/t15-/m1/s1. The molecule has 1 aromatic carbocycles. The van der Waals surface area contributed by atoms with Crippen molar-refractivity contribution in [2.24, 2.45) is 0 Å². The molecule has 0 unspecified atom stereocenters. The molecule has 1 saturated heterocycles. The third-order valence-corrected chi connectivity index (χ3v) is 5.98. The Labute approximate surface area is 193 Å². The number of carbonyl (C=O) groups is 1. The fourth-order valence-electron chi connectivity index (χ4n) is 4.25. The maximum absolute atomic E-state index is 12.6. The number of nitrogens with zero attached hydrogens (tertiary/aromatic N) is 2. The number of aromatic nitrogens is 2. The van der Waals surface area contributed by atoms with Crippen molar-refractivity contribution in [3.05, 3.63) is 44.9 Å². The predicted octanol–water partition coefficient (Wildman–Crippen LogP) is 1.89. The number of rotatable bonds is 8. The van der Waals surface area contributed by atoms with Crippen molar-refractivity contribution >= 4 is 11.9 Å². The fourth-order valence-corrected chi connectivity index (χ4v) is 4.25. The Balaban J connectivity index is 1.36. The summed E-state index contributed by atoms with van der Waals surface area (Å²) >= 11 is 0. The predicted molar refractivity (Wildman–Crippen MR) is 124 cm³/mol. The Morgan fingerprint density at radius 3 is 2.85 bits per heavy atom. The first-order valence-corrected chi connectivity index (χ1v) is 11.6. The van der Waals surface area contributed by atoms with Gasteiger partial charge in [-0.3, -0.25) is 14.6 Å². The summed E-state index contributed by atoms with van der Waals surface area (Å²) in [5.41, 5.74) is 3.00. The molecule has 33 heavy (non-hydrogen) atoms. The SMILES string of the molecule is CCOc1cc2c(cc1CNC(=O)CCc1c(C)nc(N3CCOCC3)[nH]c1=O)O[C@H](C)C2. The second kappa shape index (κ2) is 10.2. The van der Waals surface area contributed by atoms with Crippen LogP contribution in [-0.4, -0.2) is 54.9 Å². The van der Waals surface area contributed by atoms with Gasteiger partial charge in [-0.25, -0.2) is 4.98 Å². The molecule has 4 rings (SSSR count). The number of morpholine rings is 1. The van der Waals surface area contributed by atoms with Crippen LogP contribution in [-0.2, 0) is 28.9 Å². The van der Waals surface area contributed by atoms with E-state index in [1.165, 1.54) is 0 Å². The van der Waals surface area contributed by atoms with Crippen molar-refractivity contribution in [3.63, 3.8) is 0 Å². The van der Waals surface area contributed by atoms with Gasteiger partial charge in [0, 0.05) is 54.9 Å². The average Bonchev–Trinajstić information content (AvgIpc) is 3.16. The van der Waals surface area contributed by atoms with E-state index in [9.17, 15) is 9.59 Å². The molecule has 1 fully saturated rings. The third-order valence-electron chi connectivity index (χ3n) is 5.98. The summed E-state index contributed by atoms with van der Waals surface area (Å²) in [5.74, 6) is 2.04. The monoisotopic (exact) mass is 456 g/mol. The molecular weight excluding hydrogens is 424 g/mol. The van der Waals surface area contributed by atoms with Crippen molar-refractivity contribution in [3.8, 4) is 11.5 Å². The number of nitrogens with one attached hydrogen (secondary N) is 2. The number of fused-ring (bicyclic) bond motifs is 1. The number of H-pyrrole nitrogens is 1. The number of carbonyl (C=O) groups excluding carboxylic acids is 1. The van der Waals surface area contributed by atoms with Crippen molar-refractivity contribution < 1.29 is 19.0 Å². The molecule has 0 saturated carbocycles. The summed E-state index contributed by atoms with van der Waals surface area (Å²) in [7, 11) is 0. The zero-order valence-corrected chi connectivity index (χ0v) is 19.5. The molecule has 1 amide bonds. The number of aryl methyl sites for hydroxylation is 1. The van der Waals surface area contributed by atoms with E-state index in [4.69, 9.17) is 14.2 Å². The summed E-state index contributed by atoms with van der Waals surface area (Å²) in [6.07, 6.45) is 1.52. The zero-order valence-electron chi connectivity index (χ0n) is 19.5. The van der Waals surface area contributed by atoms with E-state index >= 15 is 0 Å². The molecule has 0 radical (unpaired) electrons. The van der Waals surface area contributed by atoms with Crippen LogP contribution in [0, 0.1) is 6.92 Å². The number of hydrogen-bond acceptors (Lipinski definition) is 7. The van der Waals surface area contributed by atoms with Crippen LogP contribution in [0.15, 0.2) is 16.9 Å². The fraction of sp³-hybridized carbons (Fsp3) is 0.542. The van der Waals surface area contributed by atoms with E-state index < -0.39 is 0 Å². The van der Waals surface area contributed by atoms with Crippen LogP contribution in [0.1, 0.15) is 42.7 Å². The maximum atomic E-state index is 12.6. The second-order valence-corrected chi connectivity index (χ2v) is 8.46. The van der Waals surface area contributed by atoms with E-state index in [2.05, 4.69) is 15.3 Å².